The molecule has 0 bridgehead atoms. The molecule has 19 heavy (non-hydrogen) atoms. The number of hydrogen-bond donors (Lipinski definition) is 1. The zero-order valence-corrected chi connectivity index (χ0v) is 12.0. The van der Waals surface area contributed by atoms with Crippen molar-refractivity contribution >= 4 is 23.2 Å². The van der Waals surface area contributed by atoms with Gasteiger partial charge in [-0.15, -0.1) is 0 Å². The first-order valence-corrected chi connectivity index (χ1v) is 6.74. The predicted molar refractivity (Wildman–Crippen MR) is 78.1 cm³/mol. The second-order valence-corrected chi connectivity index (χ2v) is 5.26. The molecule has 0 aliphatic carbocycles. The second-order valence-electron chi connectivity index (χ2n) is 4.39. The molecular weight excluding hydrogens is 284 g/mol. The lowest BCUT2D eigenvalue weighted by Gasteiger charge is -2.14. The summed E-state index contributed by atoms with van der Waals surface area (Å²) in [4.78, 5) is 0. The molecule has 0 radical (unpaired) electrons. The van der Waals surface area contributed by atoms with E-state index in [1.165, 1.54) is 6.07 Å². The SMILES string of the molecule is C[C@H](NCc1ccc(Cl)cc1F)c1ccc(Cl)cc1. The van der Waals surface area contributed by atoms with Gasteiger partial charge in [0.25, 0.3) is 0 Å². The van der Waals surface area contributed by atoms with Crippen molar-refractivity contribution in [2.24, 2.45) is 0 Å². The van der Waals surface area contributed by atoms with E-state index in [0.29, 0.717) is 22.2 Å². The topological polar surface area (TPSA) is 12.0 Å². The summed E-state index contributed by atoms with van der Waals surface area (Å²) < 4.78 is 13.6. The Balaban J connectivity index is 2.00. The maximum atomic E-state index is 13.6. The van der Waals surface area contributed by atoms with Crippen LogP contribution in [-0.4, -0.2) is 0 Å². The normalized spacial score (nSPS) is 12.4. The first kappa shape index (κ1) is 14.3. The fourth-order valence-corrected chi connectivity index (χ4v) is 2.08. The van der Waals surface area contributed by atoms with Crippen LogP contribution in [0.1, 0.15) is 24.1 Å². The molecule has 1 N–H and O–H groups in total. The van der Waals surface area contributed by atoms with Gasteiger partial charge in [0, 0.05) is 28.2 Å². The highest BCUT2D eigenvalue weighted by atomic mass is 35.5. The molecule has 2 aromatic carbocycles. The molecule has 0 saturated carbocycles. The third kappa shape index (κ3) is 3.93. The number of halogens is 3. The van der Waals surface area contributed by atoms with E-state index in [2.05, 4.69) is 5.32 Å². The maximum Gasteiger partial charge on any atom is 0.129 e. The highest BCUT2D eigenvalue weighted by Gasteiger charge is 2.07. The molecule has 0 heterocycles. The fraction of sp³-hybridized carbons (Fsp3) is 0.200. The molecule has 0 unspecified atom stereocenters. The van der Waals surface area contributed by atoms with Gasteiger partial charge in [0.15, 0.2) is 0 Å². The Labute approximate surface area is 122 Å². The minimum Gasteiger partial charge on any atom is -0.306 e. The minimum atomic E-state index is -0.289. The van der Waals surface area contributed by atoms with Crippen molar-refractivity contribution in [2.45, 2.75) is 19.5 Å². The van der Waals surface area contributed by atoms with Gasteiger partial charge in [-0.3, -0.25) is 0 Å². The molecule has 1 atom stereocenters. The zero-order chi connectivity index (χ0) is 13.8. The van der Waals surface area contributed by atoms with E-state index in [1.807, 2.05) is 31.2 Å². The smallest absolute Gasteiger partial charge is 0.129 e. The first-order chi connectivity index (χ1) is 9.06. The van der Waals surface area contributed by atoms with Crippen molar-refractivity contribution < 1.29 is 4.39 Å². The zero-order valence-electron chi connectivity index (χ0n) is 10.5. The van der Waals surface area contributed by atoms with Gasteiger partial charge in [-0.25, -0.2) is 4.39 Å². The quantitative estimate of drug-likeness (QED) is 0.839. The third-order valence-electron chi connectivity index (χ3n) is 2.98. The van der Waals surface area contributed by atoms with Crippen LogP contribution in [0.25, 0.3) is 0 Å². The van der Waals surface area contributed by atoms with E-state index in [1.54, 1.807) is 12.1 Å². The van der Waals surface area contributed by atoms with Crippen LogP contribution >= 0.6 is 23.2 Å². The summed E-state index contributed by atoms with van der Waals surface area (Å²) in [5.74, 6) is -0.289. The van der Waals surface area contributed by atoms with Crippen LogP contribution in [0.3, 0.4) is 0 Å². The number of nitrogens with one attached hydrogen (secondary N) is 1. The van der Waals surface area contributed by atoms with Crippen molar-refractivity contribution in [1.82, 2.24) is 5.32 Å². The molecule has 0 aromatic heterocycles. The summed E-state index contributed by atoms with van der Waals surface area (Å²) in [6, 6.07) is 12.4. The van der Waals surface area contributed by atoms with Gasteiger partial charge in [-0.05, 0) is 36.8 Å². The van der Waals surface area contributed by atoms with Crippen LogP contribution < -0.4 is 5.32 Å². The van der Waals surface area contributed by atoms with Crippen LogP contribution in [0, 0.1) is 5.82 Å². The van der Waals surface area contributed by atoms with Gasteiger partial charge < -0.3 is 5.32 Å². The van der Waals surface area contributed by atoms with Crippen molar-refractivity contribution in [3.8, 4) is 0 Å². The van der Waals surface area contributed by atoms with Crippen LogP contribution in [0.15, 0.2) is 42.5 Å². The van der Waals surface area contributed by atoms with Crippen molar-refractivity contribution in [3.05, 3.63) is 69.5 Å². The van der Waals surface area contributed by atoms with Crippen molar-refractivity contribution in [3.63, 3.8) is 0 Å². The van der Waals surface area contributed by atoms with E-state index >= 15 is 0 Å². The third-order valence-corrected chi connectivity index (χ3v) is 3.47. The minimum absolute atomic E-state index is 0.118. The van der Waals surface area contributed by atoms with E-state index in [9.17, 15) is 4.39 Å². The monoisotopic (exact) mass is 297 g/mol. The highest BCUT2D eigenvalue weighted by molar-refractivity contribution is 6.30. The van der Waals surface area contributed by atoms with Gasteiger partial charge in [-0.1, -0.05) is 41.4 Å². The molecule has 0 amide bonds. The van der Waals surface area contributed by atoms with E-state index in [4.69, 9.17) is 23.2 Å². The van der Waals surface area contributed by atoms with Gasteiger partial charge in [0.1, 0.15) is 5.82 Å². The number of hydrogen-bond acceptors (Lipinski definition) is 1. The average Bonchev–Trinajstić information content (AvgIpc) is 2.38. The molecule has 100 valence electrons. The Kier molecular flexibility index (Phi) is 4.81. The largest absolute Gasteiger partial charge is 0.306 e. The fourth-order valence-electron chi connectivity index (χ4n) is 1.80. The summed E-state index contributed by atoms with van der Waals surface area (Å²) in [5, 5.41) is 4.39. The van der Waals surface area contributed by atoms with Crippen LogP contribution in [0.4, 0.5) is 4.39 Å². The average molecular weight is 298 g/mol. The summed E-state index contributed by atoms with van der Waals surface area (Å²) in [6.07, 6.45) is 0. The van der Waals surface area contributed by atoms with Gasteiger partial charge in [0.2, 0.25) is 0 Å². The van der Waals surface area contributed by atoms with Crippen LogP contribution in [0.2, 0.25) is 10.0 Å². The summed E-state index contributed by atoms with van der Waals surface area (Å²) in [6.45, 7) is 2.48. The Morgan fingerprint density at radius 2 is 1.68 bits per heavy atom. The van der Waals surface area contributed by atoms with E-state index in [-0.39, 0.29) is 11.9 Å². The van der Waals surface area contributed by atoms with E-state index < -0.39 is 0 Å². The lowest BCUT2D eigenvalue weighted by molar-refractivity contribution is 0.544. The van der Waals surface area contributed by atoms with E-state index in [0.717, 1.165) is 5.56 Å². The molecule has 2 aromatic rings. The first-order valence-electron chi connectivity index (χ1n) is 5.99. The summed E-state index contributed by atoms with van der Waals surface area (Å²) in [5.41, 5.74) is 1.71. The Hall–Kier alpha value is -1.09. The van der Waals surface area contributed by atoms with Crippen LogP contribution in [-0.2, 0) is 6.54 Å². The number of benzene rings is 2. The van der Waals surface area contributed by atoms with Gasteiger partial charge in [0.05, 0.1) is 0 Å². The Morgan fingerprint density at radius 3 is 2.32 bits per heavy atom. The van der Waals surface area contributed by atoms with Gasteiger partial charge in [-0.2, -0.15) is 0 Å². The molecule has 2 rings (SSSR count). The molecule has 4 heteroatoms. The van der Waals surface area contributed by atoms with Crippen molar-refractivity contribution in [2.75, 3.05) is 0 Å². The Morgan fingerprint density at radius 1 is 1.05 bits per heavy atom. The molecule has 0 spiro atoms. The molecular formula is C15H14Cl2FN. The highest BCUT2D eigenvalue weighted by Crippen LogP contribution is 2.18. The molecule has 0 aliphatic rings. The number of rotatable bonds is 4. The maximum absolute atomic E-state index is 13.6. The lowest BCUT2D eigenvalue weighted by Crippen LogP contribution is -2.18. The van der Waals surface area contributed by atoms with Gasteiger partial charge >= 0.3 is 0 Å². The molecule has 0 saturated heterocycles. The lowest BCUT2D eigenvalue weighted by atomic mass is 10.1. The molecule has 1 nitrogen and oxygen atoms in total. The Bertz CT molecular complexity index is 555. The predicted octanol–water partition coefficient (Wildman–Crippen LogP) is 4.98. The second kappa shape index (κ2) is 6.38. The standard InChI is InChI=1S/C15H14Cl2FN/c1-10(11-2-5-13(16)6-3-11)19-9-12-4-7-14(17)8-15(12)18/h2-8,10,19H,9H2,1H3/t10-/m0/s1. The molecule has 0 aliphatic heterocycles. The van der Waals surface area contributed by atoms with Crippen LogP contribution in [0.5, 0.6) is 0 Å². The molecule has 0 fully saturated rings. The summed E-state index contributed by atoms with van der Waals surface area (Å²) in [7, 11) is 0. The van der Waals surface area contributed by atoms with Crippen molar-refractivity contribution in [1.29, 1.82) is 0 Å². The summed E-state index contributed by atoms with van der Waals surface area (Å²) >= 11 is 11.6.